The van der Waals surface area contributed by atoms with E-state index in [1.54, 1.807) is 0 Å². The highest BCUT2D eigenvalue weighted by Crippen LogP contribution is 2.27. The predicted octanol–water partition coefficient (Wildman–Crippen LogP) is 2.43. The number of nitrogen functional groups attached to an aromatic ring is 1. The highest BCUT2D eigenvalue weighted by Gasteiger charge is 2.18. The van der Waals surface area contributed by atoms with Gasteiger partial charge in [-0.25, -0.2) is 19.7 Å². The summed E-state index contributed by atoms with van der Waals surface area (Å²) in [5, 5.41) is 9.61. The molecular weight excluding hydrogens is 291 g/mol. The molecule has 0 spiro atoms. The Morgan fingerprint density at radius 2 is 2.05 bits per heavy atom. The Labute approximate surface area is 118 Å². The van der Waals surface area contributed by atoms with Crippen molar-refractivity contribution < 1.29 is 9.90 Å². The summed E-state index contributed by atoms with van der Waals surface area (Å²) in [6.45, 7) is 1.52. The third-order valence-corrected chi connectivity index (χ3v) is 2.85. The second kappa shape index (κ2) is 4.99. The van der Waals surface area contributed by atoms with Gasteiger partial charge >= 0.3 is 5.97 Å². The van der Waals surface area contributed by atoms with Gasteiger partial charge in [0.2, 0.25) is 0 Å². The number of aryl methyl sites for hydroxylation is 1. The van der Waals surface area contributed by atoms with Crippen LogP contribution < -0.4 is 5.73 Å². The lowest BCUT2D eigenvalue weighted by atomic mass is 10.2. The second-order valence-corrected chi connectivity index (χ2v) is 4.53. The summed E-state index contributed by atoms with van der Waals surface area (Å²) in [5.41, 5.74) is 6.01. The largest absolute Gasteiger partial charge is 0.477 e. The average Bonchev–Trinajstić information content (AvgIpc) is 2.26. The summed E-state index contributed by atoms with van der Waals surface area (Å²) in [4.78, 5) is 23.0. The van der Waals surface area contributed by atoms with Crippen molar-refractivity contribution in [3.63, 3.8) is 0 Å². The van der Waals surface area contributed by atoms with Crippen molar-refractivity contribution in [1.82, 2.24) is 15.0 Å². The van der Waals surface area contributed by atoms with Crippen molar-refractivity contribution >= 4 is 35.0 Å². The van der Waals surface area contributed by atoms with E-state index in [-0.39, 0.29) is 33.6 Å². The summed E-state index contributed by atoms with van der Waals surface area (Å²) in [5.74, 6) is -1.17. The van der Waals surface area contributed by atoms with Crippen LogP contribution in [0.25, 0.3) is 11.5 Å². The molecule has 0 aromatic carbocycles. The molecule has 0 saturated heterocycles. The number of pyridine rings is 1. The molecule has 0 saturated carbocycles. The summed E-state index contributed by atoms with van der Waals surface area (Å²) < 4.78 is 0. The molecule has 2 rings (SSSR count). The molecule has 0 atom stereocenters. The Balaban J connectivity index is 2.61. The molecule has 0 aliphatic heterocycles. The van der Waals surface area contributed by atoms with Crippen LogP contribution in [0.2, 0.25) is 10.0 Å². The number of nitrogens with two attached hydrogens (primary N) is 1. The molecule has 2 heterocycles. The number of aromatic carboxylic acids is 1. The number of nitrogens with zero attached hydrogens (tertiary/aromatic N) is 3. The van der Waals surface area contributed by atoms with Gasteiger partial charge in [-0.15, -0.1) is 0 Å². The van der Waals surface area contributed by atoms with Crippen LogP contribution in [0, 0.1) is 6.92 Å². The Morgan fingerprint density at radius 1 is 1.37 bits per heavy atom. The molecule has 2 aromatic heterocycles. The zero-order chi connectivity index (χ0) is 14.2. The van der Waals surface area contributed by atoms with Crippen molar-refractivity contribution in [2.75, 3.05) is 5.73 Å². The first-order valence-electron chi connectivity index (χ1n) is 5.09. The van der Waals surface area contributed by atoms with E-state index in [9.17, 15) is 4.79 Å². The zero-order valence-electron chi connectivity index (χ0n) is 9.69. The molecular formula is C11H8Cl2N4O2. The van der Waals surface area contributed by atoms with Gasteiger partial charge in [0.05, 0.1) is 15.7 Å². The fourth-order valence-corrected chi connectivity index (χ4v) is 2.01. The van der Waals surface area contributed by atoms with Gasteiger partial charge in [-0.05, 0) is 13.0 Å². The first kappa shape index (κ1) is 13.5. The summed E-state index contributed by atoms with van der Waals surface area (Å²) >= 11 is 11.7. The standard InChI is InChI=1S/C11H8Cl2N4O2/c1-4-7(11(18)19)9(14)17-10(16-4)8-6(13)2-5(12)3-15-8/h2-3H,1H3,(H,18,19)(H2,14,16,17). The van der Waals surface area contributed by atoms with E-state index < -0.39 is 5.97 Å². The molecule has 0 aliphatic carbocycles. The molecule has 2 aromatic rings. The minimum absolute atomic E-state index is 0.131. The van der Waals surface area contributed by atoms with Crippen molar-refractivity contribution in [2.24, 2.45) is 0 Å². The number of carboxylic acids is 1. The smallest absolute Gasteiger partial charge is 0.341 e. The van der Waals surface area contributed by atoms with Crippen molar-refractivity contribution in [1.29, 1.82) is 0 Å². The first-order valence-corrected chi connectivity index (χ1v) is 5.84. The number of halogens is 2. The van der Waals surface area contributed by atoms with Crippen LogP contribution in [-0.4, -0.2) is 26.0 Å². The zero-order valence-corrected chi connectivity index (χ0v) is 11.2. The van der Waals surface area contributed by atoms with E-state index in [1.807, 2.05) is 0 Å². The number of carboxylic acid groups (broad SMARTS) is 1. The van der Waals surface area contributed by atoms with E-state index in [0.29, 0.717) is 5.02 Å². The van der Waals surface area contributed by atoms with Crippen molar-refractivity contribution in [3.05, 3.63) is 33.6 Å². The Bertz CT molecular complexity index is 653. The van der Waals surface area contributed by atoms with Crippen LogP contribution in [0.5, 0.6) is 0 Å². The maximum atomic E-state index is 11.0. The van der Waals surface area contributed by atoms with Crippen molar-refractivity contribution in [2.45, 2.75) is 6.92 Å². The number of carbonyl (C=O) groups is 1. The lowest BCUT2D eigenvalue weighted by molar-refractivity contribution is 0.0696. The number of rotatable bonds is 2. The topological polar surface area (TPSA) is 102 Å². The van der Waals surface area contributed by atoms with Gasteiger partial charge < -0.3 is 10.8 Å². The lowest BCUT2D eigenvalue weighted by Crippen LogP contribution is -2.10. The molecule has 0 bridgehead atoms. The Kier molecular flexibility index (Phi) is 3.55. The molecule has 6 nitrogen and oxygen atoms in total. The lowest BCUT2D eigenvalue weighted by Gasteiger charge is -2.07. The maximum absolute atomic E-state index is 11.0. The van der Waals surface area contributed by atoms with Gasteiger partial charge in [0.1, 0.15) is 17.1 Å². The molecule has 0 aliphatic rings. The van der Waals surface area contributed by atoms with E-state index in [2.05, 4.69) is 15.0 Å². The number of anilines is 1. The van der Waals surface area contributed by atoms with Gasteiger partial charge in [0, 0.05) is 6.20 Å². The van der Waals surface area contributed by atoms with Crippen LogP contribution in [-0.2, 0) is 0 Å². The first-order chi connectivity index (χ1) is 8.90. The van der Waals surface area contributed by atoms with E-state index in [4.69, 9.17) is 34.0 Å². The van der Waals surface area contributed by atoms with Crippen LogP contribution >= 0.6 is 23.2 Å². The van der Waals surface area contributed by atoms with Gasteiger partial charge in [-0.1, -0.05) is 23.2 Å². The molecule has 3 N–H and O–H groups in total. The predicted molar refractivity (Wildman–Crippen MR) is 71.4 cm³/mol. The highest BCUT2D eigenvalue weighted by molar-refractivity contribution is 6.35. The number of hydrogen-bond acceptors (Lipinski definition) is 5. The fourth-order valence-electron chi connectivity index (χ4n) is 1.54. The summed E-state index contributed by atoms with van der Waals surface area (Å²) in [6.07, 6.45) is 1.39. The molecule has 0 fully saturated rings. The minimum Gasteiger partial charge on any atom is -0.477 e. The van der Waals surface area contributed by atoms with Crippen LogP contribution in [0.15, 0.2) is 12.3 Å². The molecule has 8 heteroatoms. The molecule has 0 unspecified atom stereocenters. The van der Waals surface area contributed by atoms with E-state index in [0.717, 1.165) is 0 Å². The van der Waals surface area contributed by atoms with Gasteiger partial charge in [0.25, 0.3) is 0 Å². The quantitative estimate of drug-likeness (QED) is 0.883. The molecule has 19 heavy (non-hydrogen) atoms. The average molecular weight is 299 g/mol. The highest BCUT2D eigenvalue weighted by atomic mass is 35.5. The van der Waals surface area contributed by atoms with E-state index >= 15 is 0 Å². The molecule has 0 amide bonds. The Morgan fingerprint density at radius 3 is 2.58 bits per heavy atom. The van der Waals surface area contributed by atoms with Crippen LogP contribution in [0.3, 0.4) is 0 Å². The fraction of sp³-hybridized carbons (Fsp3) is 0.0909. The van der Waals surface area contributed by atoms with Gasteiger partial charge in [-0.2, -0.15) is 0 Å². The summed E-state index contributed by atoms with van der Waals surface area (Å²) in [6, 6.07) is 1.49. The Hall–Kier alpha value is -1.92. The normalized spacial score (nSPS) is 10.5. The van der Waals surface area contributed by atoms with Crippen LogP contribution in [0.4, 0.5) is 5.82 Å². The monoisotopic (exact) mass is 298 g/mol. The number of aromatic nitrogens is 3. The maximum Gasteiger partial charge on any atom is 0.341 e. The second-order valence-electron chi connectivity index (χ2n) is 3.68. The van der Waals surface area contributed by atoms with Gasteiger partial charge in [0.15, 0.2) is 5.82 Å². The summed E-state index contributed by atoms with van der Waals surface area (Å²) in [7, 11) is 0. The molecule has 98 valence electrons. The SMILES string of the molecule is Cc1nc(-c2ncc(Cl)cc2Cl)nc(N)c1C(=O)O. The molecule has 0 radical (unpaired) electrons. The third-order valence-electron chi connectivity index (χ3n) is 2.35. The third kappa shape index (κ3) is 2.59. The van der Waals surface area contributed by atoms with Gasteiger partial charge in [-0.3, -0.25) is 0 Å². The minimum atomic E-state index is -1.18. The van der Waals surface area contributed by atoms with Crippen LogP contribution in [0.1, 0.15) is 16.1 Å². The van der Waals surface area contributed by atoms with Crippen molar-refractivity contribution in [3.8, 4) is 11.5 Å². The van der Waals surface area contributed by atoms with E-state index in [1.165, 1.54) is 19.2 Å². The number of hydrogen-bond donors (Lipinski definition) is 2.